The SMILES string of the molecule is O=C(N[C@H]1CCCC[C@@H]1O)c1cn(Cc2cnn(CCF)c2)c2cccc(F)c12. The largest absolute Gasteiger partial charge is 0.391 e. The highest BCUT2D eigenvalue weighted by Gasteiger charge is 2.27. The number of halogens is 2. The normalized spacial score (nSPS) is 19.6. The number of hydrogen-bond donors (Lipinski definition) is 2. The number of aliphatic hydroxyl groups excluding tert-OH is 1. The number of carbonyl (C=O) groups excluding carboxylic acids is 1. The van der Waals surface area contributed by atoms with Gasteiger partial charge in [0.1, 0.15) is 12.5 Å². The molecule has 2 aromatic heterocycles. The van der Waals surface area contributed by atoms with Crippen molar-refractivity contribution in [3.63, 3.8) is 0 Å². The molecule has 1 aliphatic rings. The summed E-state index contributed by atoms with van der Waals surface area (Å²) in [7, 11) is 0. The monoisotopic (exact) mass is 402 g/mol. The molecule has 1 fully saturated rings. The van der Waals surface area contributed by atoms with Crippen molar-refractivity contribution in [1.82, 2.24) is 19.7 Å². The fraction of sp³-hybridized carbons (Fsp3) is 0.429. The maximum atomic E-state index is 14.6. The van der Waals surface area contributed by atoms with Gasteiger partial charge in [-0.1, -0.05) is 18.9 Å². The second-order valence-electron chi connectivity index (χ2n) is 7.54. The van der Waals surface area contributed by atoms with Gasteiger partial charge in [0, 0.05) is 23.3 Å². The topological polar surface area (TPSA) is 72.1 Å². The average Bonchev–Trinajstić information content (AvgIpc) is 3.30. The number of aliphatic hydroxyl groups is 1. The fourth-order valence-corrected chi connectivity index (χ4v) is 4.03. The minimum absolute atomic E-state index is 0.179. The van der Waals surface area contributed by atoms with Crippen molar-refractivity contribution < 1.29 is 18.7 Å². The highest BCUT2D eigenvalue weighted by atomic mass is 19.1. The molecule has 0 radical (unpaired) electrons. The number of rotatable bonds is 6. The first-order valence-corrected chi connectivity index (χ1v) is 9.90. The molecular formula is C21H24F2N4O2. The molecule has 0 bridgehead atoms. The summed E-state index contributed by atoms with van der Waals surface area (Å²) in [6, 6.07) is 4.38. The first-order chi connectivity index (χ1) is 14.1. The zero-order chi connectivity index (χ0) is 20.4. The molecule has 29 heavy (non-hydrogen) atoms. The van der Waals surface area contributed by atoms with Crippen LogP contribution in [0.2, 0.25) is 0 Å². The van der Waals surface area contributed by atoms with E-state index >= 15 is 0 Å². The summed E-state index contributed by atoms with van der Waals surface area (Å²) >= 11 is 0. The van der Waals surface area contributed by atoms with Crippen LogP contribution in [0.4, 0.5) is 8.78 Å². The van der Waals surface area contributed by atoms with E-state index in [1.807, 2.05) is 0 Å². The van der Waals surface area contributed by atoms with E-state index in [4.69, 9.17) is 0 Å². The van der Waals surface area contributed by atoms with E-state index in [-0.39, 0.29) is 23.5 Å². The Morgan fingerprint density at radius 2 is 2.10 bits per heavy atom. The number of carbonyl (C=O) groups is 1. The van der Waals surface area contributed by atoms with E-state index in [2.05, 4.69) is 10.4 Å². The van der Waals surface area contributed by atoms with Crippen LogP contribution in [0.3, 0.4) is 0 Å². The first kappa shape index (κ1) is 19.6. The lowest BCUT2D eigenvalue weighted by Crippen LogP contribution is -2.45. The zero-order valence-corrected chi connectivity index (χ0v) is 16.0. The lowest BCUT2D eigenvalue weighted by Gasteiger charge is -2.28. The van der Waals surface area contributed by atoms with Crippen LogP contribution in [0.5, 0.6) is 0 Å². The molecule has 2 N–H and O–H groups in total. The van der Waals surface area contributed by atoms with Crippen LogP contribution in [0.15, 0.2) is 36.8 Å². The molecule has 6 nitrogen and oxygen atoms in total. The van der Waals surface area contributed by atoms with Gasteiger partial charge in [0.2, 0.25) is 0 Å². The minimum atomic E-state index is -0.577. The van der Waals surface area contributed by atoms with Crippen molar-refractivity contribution in [3.05, 3.63) is 53.7 Å². The molecular weight excluding hydrogens is 378 g/mol. The van der Waals surface area contributed by atoms with Gasteiger partial charge in [0.15, 0.2) is 0 Å². The third kappa shape index (κ3) is 4.03. The molecule has 4 rings (SSSR count). The Morgan fingerprint density at radius 3 is 2.90 bits per heavy atom. The number of nitrogens with one attached hydrogen (secondary N) is 1. The second-order valence-corrected chi connectivity index (χ2v) is 7.54. The van der Waals surface area contributed by atoms with E-state index in [0.717, 1.165) is 18.4 Å². The van der Waals surface area contributed by atoms with Crippen LogP contribution in [-0.4, -0.2) is 44.2 Å². The second kappa shape index (κ2) is 8.32. The molecule has 0 aliphatic heterocycles. The lowest BCUT2D eigenvalue weighted by atomic mass is 9.92. The summed E-state index contributed by atoms with van der Waals surface area (Å²) in [5.74, 6) is -0.860. The molecule has 3 aromatic rings. The number of amides is 1. The molecule has 2 atom stereocenters. The Balaban J connectivity index is 1.64. The van der Waals surface area contributed by atoms with Crippen LogP contribution >= 0.6 is 0 Å². The van der Waals surface area contributed by atoms with E-state index < -0.39 is 24.5 Å². The van der Waals surface area contributed by atoms with E-state index in [1.165, 1.54) is 10.7 Å². The lowest BCUT2D eigenvalue weighted by molar-refractivity contribution is 0.0718. The number of fused-ring (bicyclic) bond motifs is 1. The van der Waals surface area contributed by atoms with Gasteiger partial charge in [-0.25, -0.2) is 8.78 Å². The molecule has 0 spiro atoms. The highest BCUT2D eigenvalue weighted by Crippen LogP contribution is 2.26. The van der Waals surface area contributed by atoms with Crippen molar-refractivity contribution in [3.8, 4) is 0 Å². The van der Waals surface area contributed by atoms with Gasteiger partial charge in [-0.05, 0) is 25.0 Å². The van der Waals surface area contributed by atoms with Crippen LogP contribution in [-0.2, 0) is 13.1 Å². The standard InChI is InChI=1S/C21H24F2N4O2/c22-8-9-27-12-14(10-24-27)11-26-13-15(20-16(23)4-3-6-18(20)26)21(29)25-17-5-1-2-7-19(17)28/h3-4,6,10,12-13,17,19,28H,1-2,5,7-9,11H2,(H,25,29)/t17-,19-/m0/s1. The Bertz CT molecular complexity index is 1010. The maximum Gasteiger partial charge on any atom is 0.253 e. The summed E-state index contributed by atoms with van der Waals surface area (Å²) < 4.78 is 30.4. The van der Waals surface area contributed by atoms with Gasteiger partial charge in [0.25, 0.3) is 5.91 Å². The Hall–Kier alpha value is -2.74. The molecule has 0 saturated heterocycles. The predicted molar refractivity (Wildman–Crippen MR) is 105 cm³/mol. The zero-order valence-electron chi connectivity index (χ0n) is 16.0. The summed E-state index contributed by atoms with van der Waals surface area (Å²) in [5, 5.41) is 17.4. The molecule has 1 amide bonds. The number of hydrogen-bond acceptors (Lipinski definition) is 3. The van der Waals surface area contributed by atoms with Crippen LogP contribution in [0.25, 0.3) is 10.9 Å². The number of alkyl halides is 1. The van der Waals surface area contributed by atoms with E-state index in [1.54, 1.807) is 35.3 Å². The minimum Gasteiger partial charge on any atom is -0.391 e. The van der Waals surface area contributed by atoms with Gasteiger partial charge in [-0.2, -0.15) is 5.10 Å². The summed E-state index contributed by atoms with van der Waals surface area (Å²) in [6.07, 6.45) is 7.68. The van der Waals surface area contributed by atoms with Gasteiger partial charge >= 0.3 is 0 Å². The summed E-state index contributed by atoms with van der Waals surface area (Å²) in [6.45, 7) is 0.0557. The fourth-order valence-electron chi connectivity index (χ4n) is 4.03. The van der Waals surface area contributed by atoms with Gasteiger partial charge in [0.05, 0.1) is 42.5 Å². The smallest absolute Gasteiger partial charge is 0.253 e. The number of aryl methyl sites for hydroxylation is 1. The number of nitrogens with zero attached hydrogens (tertiary/aromatic N) is 3. The van der Waals surface area contributed by atoms with Gasteiger partial charge in [-0.3, -0.25) is 9.48 Å². The van der Waals surface area contributed by atoms with Gasteiger partial charge < -0.3 is 15.0 Å². The van der Waals surface area contributed by atoms with Crippen molar-refractivity contribution >= 4 is 16.8 Å². The van der Waals surface area contributed by atoms with Gasteiger partial charge in [-0.15, -0.1) is 0 Å². The Kier molecular flexibility index (Phi) is 5.62. The van der Waals surface area contributed by atoms with Crippen LogP contribution in [0, 0.1) is 5.82 Å². The number of aromatic nitrogens is 3. The van der Waals surface area contributed by atoms with Crippen LogP contribution in [0.1, 0.15) is 41.6 Å². The third-order valence-electron chi connectivity index (χ3n) is 5.50. The molecule has 0 unspecified atom stereocenters. The van der Waals surface area contributed by atoms with Crippen molar-refractivity contribution in [2.45, 2.75) is 50.9 Å². The molecule has 154 valence electrons. The summed E-state index contributed by atoms with van der Waals surface area (Å²) in [4.78, 5) is 12.9. The summed E-state index contributed by atoms with van der Waals surface area (Å²) in [5.41, 5.74) is 1.67. The Morgan fingerprint density at radius 1 is 1.28 bits per heavy atom. The molecule has 1 aliphatic carbocycles. The van der Waals surface area contributed by atoms with Crippen LogP contribution < -0.4 is 5.32 Å². The quantitative estimate of drug-likeness (QED) is 0.666. The molecule has 8 heteroatoms. The predicted octanol–water partition coefficient (Wildman–Crippen LogP) is 3.03. The first-order valence-electron chi connectivity index (χ1n) is 9.90. The molecule has 1 aromatic carbocycles. The third-order valence-corrected chi connectivity index (χ3v) is 5.50. The van der Waals surface area contributed by atoms with Crippen molar-refractivity contribution in [1.29, 1.82) is 0 Å². The van der Waals surface area contributed by atoms with Crippen molar-refractivity contribution in [2.75, 3.05) is 6.67 Å². The van der Waals surface area contributed by atoms with E-state index in [9.17, 15) is 18.7 Å². The average molecular weight is 402 g/mol. The van der Waals surface area contributed by atoms with Crippen molar-refractivity contribution in [2.24, 2.45) is 0 Å². The van der Waals surface area contributed by atoms with E-state index in [0.29, 0.717) is 24.9 Å². The number of benzene rings is 1. The molecule has 2 heterocycles. The highest BCUT2D eigenvalue weighted by molar-refractivity contribution is 6.07. The maximum absolute atomic E-state index is 14.6. The Labute approximate surface area is 167 Å². The molecule has 1 saturated carbocycles.